The second-order valence-electron chi connectivity index (χ2n) is 8.01. The van der Waals surface area contributed by atoms with E-state index in [0.29, 0.717) is 19.4 Å². The normalized spacial score (nSPS) is 19.3. The van der Waals surface area contributed by atoms with Gasteiger partial charge in [-0.2, -0.15) is 0 Å². The van der Waals surface area contributed by atoms with E-state index < -0.39 is 35.7 Å². The van der Waals surface area contributed by atoms with Gasteiger partial charge in [0, 0.05) is 32.5 Å². The van der Waals surface area contributed by atoms with Gasteiger partial charge in [0.2, 0.25) is 12.0 Å². The van der Waals surface area contributed by atoms with Crippen molar-refractivity contribution in [3.63, 3.8) is 0 Å². The molecule has 3 amide bonds. The Balaban J connectivity index is 2.16. The van der Waals surface area contributed by atoms with Gasteiger partial charge in [0.25, 0.3) is 5.91 Å². The van der Waals surface area contributed by atoms with Crippen LogP contribution in [-0.2, 0) is 23.9 Å². The summed E-state index contributed by atoms with van der Waals surface area (Å²) in [6.07, 6.45) is 0.885. The minimum absolute atomic E-state index is 0.0600. The zero-order valence-corrected chi connectivity index (χ0v) is 16.4. The van der Waals surface area contributed by atoms with Crippen LogP contribution < -0.4 is 10.6 Å². The minimum Gasteiger partial charge on any atom is -0.450 e. The highest BCUT2D eigenvalue weighted by molar-refractivity contribution is 5.85. The van der Waals surface area contributed by atoms with Crippen LogP contribution in [0, 0.1) is 0 Å². The molecule has 1 saturated heterocycles. The molecule has 9 heteroatoms. The van der Waals surface area contributed by atoms with Gasteiger partial charge >= 0.3 is 12.1 Å². The monoisotopic (exact) mass is 383 g/mol. The zero-order valence-electron chi connectivity index (χ0n) is 16.4. The van der Waals surface area contributed by atoms with E-state index in [4.69, 9.17) is 9.47 Å². The predicted octanol–water partition coefficient (Wildman–Crippen LogP) is 0.712. The third-order valence-electron chi connectivity index (χ3n) is 4.13. The maximum Gasteiger partial charge on any atom is 0.408 e. The highest BCUT2D eigenvalue weighted by Gasteiger charge is 2.38. The first-order valence-electron chi connectivity index (χ1n) is 9.30. The van der Waals surface area contributed by atoms with Crippen molar-refractivity contribution >= 4 is 23.9 Å². The fraction of sp³-hybridized carbons (Fsp3) is 0.778. The molecule has 27 heavy (non-hydrogen) atoms. The molecule has 1 aliphatic carbocycles. The Morgan fingerprint density at radius 3 is 2.41 bits per heavy atom. The van der Waals surface area contributed by atoms with E-state index in [0.717, 1.165) is 12.8 Å². The second-order valence-corrected chi connectivity index (χ2v) is 8.01. The van der Waals surface area contributed by atoms with Crippen LogP contribution in [0.2, 0.25) is 0 Å². The lowest BCUT2D eigenvalue weighted by molar-refractivity contribution is -0.156. The summed E-state index contributed by atoms with van der Waals surface area (Å²) in [7, 11) is 0. The van der Waals surface area contributed by atoms with Crippen molar-refractivity contribution in [1.82, 2.24) is 15.5 Å². The van der Waals surface area contributed by atoms with Gasteiger partial charge in [0.1, 0.15) is 5.60 Å². The molecule has 0 spiro atoms. The highest BCUT2D eigenvalue weighted by atomic mass is 16.6. The number of carbonyl (C=O) groups excluding carboxylic acids is 4. The maximum atomic E-state index is 12.6. The molecule has 2 aliphatic rings. The molecule has 1 saturated carbocycles. The molecule has 0 aromatic rings. The number of ether oxygens (including phenoxy) is 2. The molecule has 2 atom stereocenters. The van der Waals surface area contributed by atoms with E-state index in [2.05, 4.69) is 10.6 Å². The number of likely N-dealkylation sites (tertiary alicyclic amines) is 1. The predicted molar refractivity (Wildman–Crippen MR) is 95.7 cm³/mol. The molecule has 1 heterocycles. The summed E-state index contributed by atoms with van der Waals surface area (Å²) >= 11 is 0. The van der Waals surface area contributed by atoms with Gasteiger partial charge in [-0.15, -0.1) is 0 Å². The van der Waals surface area contributed by atoms with Crippen LogP contribution >= 0.6 is 0 Å². The Morgan fingerprint density at radius 1 is 1.26 bits per heavy atom. The molecule has 2 unspecified atom stereocenters. The van der Waals surface area contributed by atoms with Crippen molar-refractivity contribution in [2.24, 2.45) is 0 Å². The standard InChI is InChI=1S/C18H29N3O6/c1-11(22)26-15(16(24)19-12-7-8-12)13(10-21-9-5-6-14(21)23)20-17(25)27-18(2,3)4/h12-13,15H,5-10H2,1-4H3,(H,19,24)(H,20,25). The third-order valence-corrected chi connectivity index (χ3v) is 4.13. The summed E-state index contributed by atoms with van der Waals surface area (Å²) < 4.78 is 10.5. The van der Waals surface area contributed by atoms with Crippen LogP contribution in [0.3, 0.4) is 0 Å². The summed E-state index contributed by atoms with van der Waals surface area (Å²) in [5, 5.41) is 5.39. The molecule has 1 aliphatic heterocycles. The Kier molecular flexibility index (Phi) is 6.67. The minimum atomic E-state index is -1.25. The Labute approximate surface area is 159 Å². The van der Waals surface area contributed by atoms with Gasteiger partial charge in [-0.05, 0) is 40.0 Å². The fourth-order valence-corrected chi connectivity index (χ4v) is 2.82. The van der Waals surface area contributed by atoms with Crippen molar-refractivity contribution in [3.05, 3.63) is 0 Å². The van der Waals surface area contributed by atoms with E-state index >= 15 is 0 Å². The number of nitrogens with one attached hydrogen (secondary N) is 2. The van der Waals surface area contributed by atoms with E-state index in [1.807, 2.05) is 0 Å². The van der Waals surface area contributed by atoms with Crippen LogP contribution in [-0.4, -0.2) is 65.7 Å². The summed E-state index contributed by atoms with van der Waals surface area (Å²) in [5.74, 6) is -1.19. The molecule has 9 nitrogen and oxygen atoms in total. The van der Waals surface area contributed by atoms with Gasteiger partial charge in [-0.3, -0.25) is 14.4 Å². The molecule has 0 bridgehead atoms. The van der Waals surface area contributed by atoms with E-state index in [1.165, 1.54) is 6.92 Å². The first-order valence-corrected chi connectivity index (χ1v) is 9.30. The number of hydrogen-bond donors (Lipinski definition) is 2. The molecule has 0 aromatic carbocycles. The van der Waals surface area contributed by atoms with Crippen LogP contribution in [0.25, 0.3) is 0 Å². The summed E-state index contributed by atoms with van der Waals surface area (Å²) in [5.41, 5.74) is -0.731. The van der Waals surface area contributed by atoms with Crippen molar-refractivity contribution in [1.29, 1.82) is 0 Å². The first kappa shape index (κ1) is 21.0. The Bertz CT molecular complexity index is 596. The summed E-state index contributed by atoms with van der Waals surface area (Å²) in [6.45, 7) is 6.94. The molecule has 152 valence electrons. The third kappa shape index (κ3) is 7.07. The van der Waals surface area contributed by atoms with Crippen molar-refractivity contribution in [3.8, 4) is 0 Å². The molecule has 0 radical (unpaired) electrons. The smallest absolute Gasteiger partial charge is 0.408 e. The maximum absolute atomic E-state index is 12.6. The molecule has 2 rings (SSSR count). The van der Waals surface area contributed by atoms with E-state index in [9.17, 15) is 19.2 Å². The molecule has 2 fully saturated rings. The van der Waals surface area contributed by atoms with Crippen molar-refractivity contribution in [2.75, 3.05) is 13.1 Å². The SMILES string of the molecule is CC(=O)OC(C(=O)NC1CC1)C(CN1CCCC1=O)NC(=O)OC(C)(C)C. The fourth-order valence-electron chi connectivity index (χ4n) is 2.82. The zero-order chi connectivity index (χ0) is 20.2. The van der Waals surface area contributed by atoms with Crippen LogP contribution in [0.15, 0.2) is 0 Å². The average Bonchev–Trinajstić information content (AvgIpc) is 3.23. The van der Waals surface area contributed by atoms with Gasteiger partial charge in [-0.1, -0.05) is 0 Å². The number of hydrogen-bond acceptors (Lipinski definition) is 6. The van der Waals surface area contributed by atoms with Gasteiger partial charge in [0.15, 0.2) is 0 Å². The number of nitrogens with zero attached hydrogens (tertiary/aromatic N) is 1. The van der Waals surface area contributed by atoms with Crippen molar-refractivity contribution in [2.45, 2.75) is 77.2 Å². The number of alkyl carbamates (subject to hydrolysis) is 1. The quantitative estimate of drug-likeness (QED) is 0.626. The lowest BCUT2D eigenvalue weighted by Crippen LogP contribution is -2.57. The lowest BCUT2D eigenvalue weighted by atomic mass is 10.1. The second kappa shape index (κ2) is 8.58. The topological polar surface area (TPSA) is 114 Å². The number of esters is 1. The summed E-state index contributed by atoms with van der Waals surface area (Å²) in [6, 6.07) is -0.851. The number of amides is 3. The molecule has 0 aromatic heterocycles. The molecule has 2 N–H and O–H groups in total. The molecular formula is C18H29N3O6. The lowest BCUT2D eigenvalue weighted by Gasteiger charge is -2.31. The molecular weight excluding hydrogens is 354 g/mol. The van der Waals surface area contributed by atoms with Crippen LogP contribution in [0.4, 0.5) is 4.79 Å². The summed E-state index contributed by atoms with van der Waals surface area (Å²) in [4.78, 5) is 50.0. The average molecular weight is 383 g/mol. The van der Waals surface area contributed by atoms with Gasteiger partial charge in [-0.25, -0.2) is 4.79 Å². The highest BCUT2D eigenvalue weighted by Crippen LogP contribution is 2.20. The van der Waals surface area contributed by atoms with Gasteiger partial charge in [0.05, 0.1) is 6.04 Å². The number of rotatable bonds is 7. The van der Waals surface area contributed by atoms with Crippen LogP contribution in [0.1, 0.15) is 53.4 Å². The van der Waals surface area contributed by atoms with E-state index in [1.54, 1.807) is 25.7 Å². The Hall–Kier alpha value is -2.32. The van der Waals surface area contributed by atoms with Gasteiger partial charge < -0.3 is 25.0 Å². The van der Waals surface area contributed by atoms with Crippen LogP contribution in [0.5, 0.6) is 0 Å². The largest absolute Gasteiger partial charge is 0.450 e. The van der Waals surface area contributed by atoms with E-state index in [-0.39, 0.29) is 18.5 Å². The Morgan fingerprint density at radius 2 is 1.93 bits per heavy atom. The first-order chi connectivity index (χ1) is 12.5. The number of carbonyl (C=O) groups is 4. The van der Waals surface area contributed by atoms with Crippen molar-refractivity contribution < 1.29 is 28.7 Å².